The standard InChI is InChI=1S/C53H81N5O12/c1-32(2)38(31-33(3)43(62)54-37(47(66)69-51(10,11)12)27-26-36(59)21-20-30-58-39(60)28-29-40(58)61)56(18)45(64)41(49(4,5)6)55-44(63)42(57(19)48(67)70-52(13,14)15)53(16,17)35-24-22-34(23-25-35)46(65)68-50(7,8)9/h22-25,28-29,31-32,37-38,41-42H,20-21,26-27,30H2,1-19H3,(H,54,62)(H,55,63)/b33-31+/t37-,38-,41-,42?/m1/s1. The van der Waals surface area contributed by atoms with Gasteiger partial charge >= 0.3 is 18.0 Å². The highest BCUT2D eigenvalue weighted by atomic mass is 16.6. The van der Waals surface area contributed by atoms with Gasteiger partial charge < -0.3 is 29.7 Å². The van der Waals surface area contributed by atoms with Gasteiger partial charge in [-0.15, -0.1) is 0 Å². The van der Waals surface area contributed by atoms with Crippen molar-refractivity contribution in [2.24, 2.45) is 11.3 Å². The summed E-state index contributed by atoms with van der Waals surface area (Å²) in [5.41, 5.74) is -3.47. The average Bonchev–Trinajstić information content (AvgIpc) is 3.52. The molecule has 6 amide bonds. The third-order valence-electron chi connectivity index (χ3n) is 11.4. The summed E-state index contributed by atoms with van der Waals surface area (Å²) < 4.78 is 16.9. The molecule has 1 aliphatic heterocycles. The monoisotopic (exact) mass is 980 g/mol. The summed E-state index contributed by atoms with van der Waals surface area (Å²) in [5.74, 6) is -4.41. The van der Waals surface area contributed by atoms with Gasteiger partial charge in [0.15, 0.2) is 0 Å². The smallest absolute Gasteiger partial charge is 0.410 e. The molecule has 0 bridgehead atoms. The summed E-state index contributed by atoms with van der Waals surface area (Å²) in [6, 6.07) is 2.27. The number of rotatable bonds is 20. The fourth-order valence-electron chi connectivity index (χ4n) is 7.67. The lowest BCUT2D eigenvalue weighted by molar-refractivity contribution is -0.158. The highest BCUT2D eigenvalue weighted by molar-refractivity contribution is 6.12. The Hall–Kier alpha value is -5.87. The van der Waals surface area contributed by atoms with Gasteiger partial charge in [0.25, 0.3) is 11.8 Å². The van der Waals surface area contributed by atoms with E-state index in [1.165, 1.54) is 29.0 Å². The van der Waals surface area contributed by atoms with Gasteiger partial charge in [-0.3, -0.25) is 38.6 Å². The normalized spacial score (nSPS) is 15.4. The van der Waals surface area contributed by atoms with E-state index in [1.54, 1.807) is 141 Å². The zero-order chi connectivity index (χ0) is 54.1. The van der Waals surface area contributed by atoms with Crippen LogP contribution in [0.3, 0.4) is 0 Å². The average molecular weight is 980 g/mol. The molecule has 1 unspecified atom stereocenters. The Morgan fingerprint density at radius 3 is 1.69 bits per heavy atom. The van der Waals surface area contributed by atoms with Crippen LogP contribution in [0, 0.1) is 11.3 Å². The number of Topliss-reactive ketones (excluding diaryl/α,β-unsaturated/α-hetero) is 1. The van der Waals surface area contributed by atoms with Crippen molar-refractivity contribution in [2.45, 2.75) is 190 Å². The summed E-state index contributed by atoms with van der Waals surface area (Å²) in [7, 11) is 3.03. The molecule has 2 N–H and O–H groups in total. The summed E-state index contributed by atoms with van der Waals surface area (Å²) in [6.07, 6.45) is 3.29. The van der Waals surface area contributed by atoms with Crippen molar-refractivity contribution in [1.82, 2.24) is 25.3 Å². The number of carbonyl (C=O) groups is 9. The minimum absolute atomic E-state index is 0.0431. The maximum Gasteiger partial charge on any atom is 0.410 e. The molecule has 4 atom stereocenters. The van der Waals surface area contributed by atoms with Gasteiger partial charge in [-0.2, -0.15) is 0 Å². The van der Waals surface area contributed by atoms with E-state index in [0.717, 1.165) is 4.90 Å². The van der Waals surface area contributed by atoms with E-state index in [1.807, 2.05) is 13.8 Å². The molecular formula is C53H81N5O12. The van der Waals surface area contributed by atoms with E-state index in [0.29, 0.717) is 11.1 Å². The van der Waals surface area contributed by atoms with E-state index in [9.17, 15) is 43.2 Å². The Kier molecular flexibility index (Phi) is 20.5. The van der Waals surface area contributed by atoms with Crippen molar-refractivity contribution in [1.29, 1.82) is 0 Å². The van der Waals surface area contributed by atoms with Crippen LogP contribution < -0.4 is 10.6 Å². The molecule has 0 spiro atoms. The molecule has 1 aromatic carbocycles. The van der Waals surface area contributed by atoms with Crippen LogP contribution in [0.15, 0.2) is 48.1 Å². The maximum atomic E-state index is 14.9. The van der Waals surface area contributed by atoms with E-state index in [-0.39, 0.29) is 49.5 Å². The molecule has 390 valence electrons. The zero-order valence-corrected chi connectivity index (χ0v) is 45.2. The Bertz CT molecular complexity index is 2150. The number of ether oxygens (including phenoxy) is 3. The molecule has 17 heteroatoms. The molecule has 0 saturated carbocycles. The summed E-state index contributed by atoms with van der Waals surface area (Å²) in [6.45, 7) is 29.7. The van der Waals surface area contributed by atoms with Gasteiger partial charge in [0.1, 0.15) is 40.7 Å². The molecule has 0 fully saturated rings. The SMILES string of the molecule is C/C(=C\[C@H](C(C)C)N(C)C(=O)[C@@H](NC(=O)C(N(C)C(=O)OC(C)(C)C)C(C)(C)c1ccc(C(=O)OC(C)(C)C)cc1)C(C)(C)C)C(=O)N[C@H](CCC(=O)CCCN1C(=O)C=CC1=O)C(=O)OC(C)(C)C. The molecule has 1 heterocycles. The van der Waals surface area contributed by atoms with Crippen LogP contribution >= 0.6 is 0 Å². The fraction of sp³-hybridized carbons (Fsp3) is 0.642. The highest BCUT2D eigenvalue weighted by Crippen LogP contribution is 2.33. The van der Waals surface area contributed by atoms with Crippen molar-refractivity contribution < 1.29 is 57.4 Å². The number of imide groups is 1. The minimum Gasteiger partial charge on any atom is -0.458 e. The first-order valence-corrected chi connectivity index (χ1v) is 23.9. The van der Waals surface area contributed by atoms with E-state index < -0.39 is 99.4 Å². The van der Waals surface area contributed by atoms with Crippen LogP contribution in [0.4, 0.5) is 4.79 Å². The Morgan fingerprint density at radius 2 is 1.21 bits per heavy atom. The lowest BCUT2D eigenvalue weighted by Gasteiger charge is -2.42. The van der Waals surface area contributed by atoms with Crippen LogP contribution in [0.25, 0.3) is 0 Å². The molecule has 0 saturated heterocycles. The van der Waals surface area contributed by atoms with Crippen molar-refractivity contribution in [3.8, 4) is 0 Å². The summed E-state index contributed by atoms with van der Waals surface area (Å²) in [5, 5.41) is 5.70. The van der Waals surface area contributed by atoms with Crippen molar-refractivity contribution in [3.05, 3.63) is 59.2 Å². The summed E-state index contributed by atoms with van der Waals surface area (Å²) in [4.78, 5) is 124. The lowest BCUT2D eigenvalue weighted by atomic mass is 9.76. The Labute approximate surface area is 415 Å². The number of carbonyl (C=O) groups excluding carboxylic acids is 9. The molecule has 70 heavy (non-hydrogen) atoms. The van der Waals surface area contributed by atoms with Gasteiger partial charge in [0, 0.05) is 56.6 Å². The van der Waals surface area contributed by atoms with E-state index in [4.69, 9.17) is 14.2 Å². The quantitative estimate of drug-likeness (QED) is 0.0585. The van der Waals surface area contributed by atoms with E-state index >= 15 is 0 Å². The second kappa shape index (κ2) is 23.8. The topological polar surface area (TPSA) is 215 Å². The lowest BCUT2D eigenvalue weighted by Crippen LogP contribution is -2.63. The highest BCUT2D eigenvalue weighted by Gasteiger charge is 2.46. The first-order chi connectivity index (χ1) is 31.8. The third-order valence-corrected chi connectivity index (χ3v) is 11.4. The number of nitrogens with zero attached hydrogens (tertiary/aromatic N) is 3. The first kappa shape index (κ1) is 60.3. The predicted molar refractivity (Wildman–Crippen MR) is 266 cm³/mol. The fourth-order valence-corrected chi connectivity index (χ4v) is 7.67. The number of benzene rings is 1. The molecule has 17 nitrogen and oxygen atoms in total. The third kappa shape index (κ3) is 18.1. The van der Waals surface area contributed by atoms with Crippen LogP contribution in [-0.2, 0) is 53.2 Å². The van der Waals surface area contributed by atoms with Crippen molar-refractivity contribution >= 4 is 53.4 Å². The van der Waals surface area contributed by atoms with E-state index in [2.05, 4.69) is 10.6 Å². The Balaban J connectivity index is 2.46. The van der Waals surface area contributed by atoms with Gasteiger partial charge in [-0.25, -0.2) is 14.4 Å². The Morgan fingerprint density at radius 1 is 0.700 bits per heavy atom. The van der Waals surface area contributed by atoms with Crippen molar-refractivity contribution in [2.75, 3.05) is 20.6 Å². The second-order valence-corrected chi connectivity index (χ2v) is 23.0. The number of hydrogen-bond donors (Lipinski definition) is 2. The predicted octanol–water partition coefficient (Wildman–Crippen LogP) is 7.00. The minimum atomic E-state index is -1.25. The molecule has 0 radical (unpaired) electrons. The van der Waals surface area contributed by atoms with Gasteiger partial charge in [-0.05, 0) is 111 Å². The second-order valence-electron chi connectivity index (χ2n) is 23.0. The molecular weight excluding hydrogens is 899 g/mol. The van der Waals surface area contributed by atoms with Gasteiger partial charge in [-0.1, -0.05) is 66.7 Å². The van der Waals surface area contributed by atoms with Crippen LogP contribution in [-0.4, -0.2) is 130 Å². The maximum absolute atomic E-state index is 14.9. The number of esters is 2. The number of hydrogen-bond acceptors (Lipinski definition) is 12. The molecule has 2 rings (SSSR count). The largest absolute Gasteiger partial charge is 0.458 e. The number of likely N-dealkylation sites (N-methyl/N-ethyl adjacent to an activating group) is 2. The molecule has 0 aliphatic carbocycles. The summed E-state index contributed by atoms with van der Waals surface area (Å²) >= 11 is 0. The van der Waals surface area contributed by atoms with Crippen LogP contribution in [0.5, 0.6) is 0 Å². The number of nitrogens with one attached hydrogen (secondary N) is 2. The molecule has 1 aromatic rings. The van der Waals surface area contributed by atoms with Crippen molar-refractivity contribution in [3.63, 3.8) is 0 Å². The number of ketones is 1. The first-order valence-electron chi connectivity index (χ1n) is 23.9. The zero-order valence-electron chi connectivity index (χ0n) is 45.2. The van der Waals surface area contributed by atoms with Crippen LogP contribution in [0.2, 0.25) is 0 Å². The molecule has 1 aliphatic rings. The van der Waals surface area contributed by atoms with Gasteiger partial charge in [0.2, 0.25) is 17.7 Å². The molecule has 0 aromatic heterocycles. The number of amides is 6. The van der Waals surface area contributed by atoms with Gasteiger partial charge in [0.05, 0.1) is 11.6 Å². The van der Waals surface area contributed by atoms with Crippen LogP contribution in [0.1, 0.15) is 159 Å².